The van der Waals surface area contributed by atoms with E-state index in [1.165, 1.54) is 12.1 Å². The Morgan fingerprint density at radius 3 is 2.75 bits per heavy atom. The zero-order chi connectivity index (χ0) is 11.7. The highest BCUT2D eigenvalue weighted by molar-refractivity contribution is 7.39. The summed E-state index contributed by atoms with van der Waals surface area (Å²) in [5.74, 6) is 0.248. The number of rotatable bonds is 2. The summed E-state index contributed by atoms with van der Waals surface area (Å²) in [6.45, 7) is 1.80. The molecule has 0 saturated heterocycles. The van der Waals surface area contributed by atoms with Gasteiger partial charge in [-0.25, -0.2) is 4.79 Å². The maximum atomic E-state index is 11.1. The van der Waals surface area contributed by atoms with Crippen LogP contribution in [-0.4, -0.2) is 9.79 Å². The summed E-state index contributed by atoms with van der Waals surface area (Å²) >= 11 is 0. The second-order valence-electron chi connectivity index (χ2n) is 3.25. The molecule has 84 valence electrons. The highest BCUT2D eigenvalue weighted by atomic mass is 31.2. The molecule has 0 unspecified atom stereocenters. The van der Waals surface area contributed by atoms with Crippen LogP contribution in [0.5, 0.6) is 5.75 Å². The molecule has 0 amide bonds. The highest BCUT2D eigenvalue weighted by Gasteiger charge is 2.06. The quantitative estimate of drug-likeness (QED) is 0.616. The van der Waals surface area contributed by atoms with E-state index in [-0.39, 0.29) is 5.75 Å². The third-order valence-corrected chi connectivity index (χ3v) is 2.48. The molecule has 2 N–H and O–H groups in total. The molecule has 1 aromatic heterocycles. The first-order chi connectivity index (χ1) is 7.56. The van der Waals surface area contributed by atoms with E-state index in [0.717, 1.165) is 10.9 Å². The van der Waals surface area contributed by atoms with E-state index < -0.39 is 14.2 Å². The van der Waals surface area contributed by atoms with Crippen LogP contribution in [0.4, 0.5) is 0 Å². The van der Waals surface area contributed by atoms with Crippen LogP contribution in [0.15, 0.2) is 33.5 Å². The molecule has 0 saturated carbocycles. The van der Waals surface area contributed by atoms with Gasteiger partial charge in [-0.1, -0.05) is 0 Å². The fourth-order valence-corrected chi connectivity index (χ4v) is 1.76. The largest absolute Gasteiger partial charge is 0.427 e. The van der Waals surface area contributed by atoms with Crippen molar-refractivity contribution in [3.63, 3.8) is 0 Å². The lowest BCUT2D eigenvalue weighted by Gasteiger charge is -2.06. The van der Waals surface area contributed by atoms with Gasteiger partial charge in [-0.2, -0.15) is 0 Å². The molecule has 2 rings (SSSR count). The standard InChI is InChI=1S/C10H9O5P/c1-6-4-10(11)14-9-5-7(15-16(12)13)2-3-8(6)9/h2-5,12-13H,1H3. The van der Waals surface area contributed by atoms with E-state index in [0.29, 0.717) is 5.58 Å². The molecule has 0 atom stereocenters. The Morgan fingerprint density at radius 2 is 2.06 bits per heavy atom. The minimum atomic E-state index is -2.47. The fourth-order valence-electron chi connectivity index (χ4n) is 1.46. The number of hydrogen-bond donors (Lipinski definition) is 2. The minimum absolute atomic E-state index is 0.248. The first kappa shape index (κ1) is 11.1. The molecule has 2 aromatic rings. The lowest BCUT2D eigenvalue weighted by Crippen LogP contribution is -1.97. The van der Waals surface area contributed by atoms with E-state index in [9.17, 15) is 4.79 Å². The fraction of sp³-hybridized carbons (Fsp3) is 0.100. The number of hydrogen-bond acceptors (Lipinski definition) is 5. The molecule has 0 radical (unpaired) electrons. The van der Waals surface area contributed by atoms with Crippen LogP contribution in [0.25, 0.3) is 11.0 Å². The van der Waals surface area contributed by atoms with Gasteiger partial charge in [0.1, 0.15) is 11.3 Å². The smallest absolute Gasteiger partial charge is 0.391 e. The molecule has 16 heavy (non-hydrogen) atoms. The van der Waals surface area contributed by atoms with Crippen molar-refractivity contribution in [2.75, 3.05) is 0 Å². The SMILES string of the molecule is Cc1cc(=O)oc2cc(OP(O)O)ccc12. The molecule has 0 aliphatic carbocycles. The number of aryl methyl sites for hydroxylation is 1. The molecule has 0 spiro atoms. The zero-order valence-corrected chi connectivity index (χ0v) is 9.27. The summed E-state index contributed by atoms with van der Waals surface area (Å²) < 4.78 is 9.69. The lowest BCUT2D eigenvalue weighted by atomic mass is 10.1. The molecular formula is C10H9O5P. The third kappa shape index (κ3) is 2.22. The van der Waals surface area contributed by atoms with Gasteiger partial charge in [0.25, 0.3) is 0 Å². The second kappa shape index (κ2) is 4.22. The van der Waals surface area contributed by atoms with Crippen LogP contribution in [0, 0.1) is 6.92 Å². The molecule has 0 aliphatic rings. The summed E-state index contributed by atoms with van der Waals surface area (Å²) in [7, 11) is -2.47. The Labute approximate surface area is 91.9 Å². The Hall–Kier alpha value is -1.42. The molecule has 5 nitrogen and oxygen atoms in total. The Bertz CT molecular complexity index is 575. The molecule has 6 heteroatoms. The molecule has 1 aromatic carbocycles. The Kier molecular flexibility index (Phi) is 2.92. The molecule has 0 aliphatic heterocycles. The molecule has 0 fully saturated rings. The molecule has 1 heterocycles. The average molecular weight is 240 g/mol. The minimum Gasteiger partial charge on any atom is -0.427 e. The normalized spacial score (nSPS) is 11.0. The van der Waals surface area contributed by atoms with Crippen molar-refractivity contribution in [2.24, 2.45) is 0 Å². The van der Waals surface area contributed by atoms with Gasteiger partial charge in [-0.3, -0.25) is 0 Å². The first-order valence-corrected chi connectivity index (χ1v) is 5.63. The van der Waals surface area contributed by atoms with E-state index in [2.05, 4.69) is 0 Å². The Balaban J connectivity index is 2.57. The van der Waals surface area contributed by atoms with Gasteiger partial charge in [0.15, 0.2) is 0 Å². The zero-order valence-electron chi connectivity index (χ0n) is 8.38. The van der Waals surface area contributed by atoms with Crippen molar-refractivity contribution in [3.05, 3.63) is 40.2 Å². The van der Waals surface area contributed by atoms with Crippen LogP contribution in [0.3, 0.4) is 0 Å². The van der Waals surface area contributed by atoms with Crippen molar-refractivity contribution in [3.8, 4) is 5.75 Å². The molecule has 0 bridgehead atoms. The second-order valence-corrected chi connectivity index (χ2v) is 3.94. The van der Waals surface area contributed by atoms with Crippen molar-refractivity contribution < 1.29 is 18.7 Å². The monoisotopic (exact) mass is 240 g/mol. The predicted octanol–water partition coefficient (Wildman–Crippen LogP) is 1.69. The van der Waals surface area contributed by atoms with Gasteiger partial charge >= 0.3 is 14.2 Å². The van der Waals surface area contributed by atoms with Gasteiger partial charge in [-0.15, -0.1) is 0 Å². The van der Waals surface area contributed by atoms with E-state index in [1.807, 2.05) is 0 Å². The maximum Gasteiger partial charge on any atom is 0.391 e. The van der Waals surface area contributed by atoms with Crippen molar-refractivity contribution in [1.29, 1.82) is 0 Å². The molecular weight excluding hydrogens is 231 g/mol. The van der Waals surface area contributed by atoms with Gasteiger partial charge < -0.3 is 18.7 Å². The van der Waals surface area contributed by atoms with Crippen molar-refractivity contribution >= 4 is 19.6 Å². The van der Waals surface area contributed by atoms with Crippen LogP contribution < -0.4 is 10.1 Å². The van der Waals surface area contributed by atoms with Crippen molar-refractivity contribution in [2.45, 2.75) is 6.92 Å². The van der Waals surface area contributed by atoms with E-state index in [4.69, 9.17) is 18.7 Å². The van der Waals surface area contributed by atoms with Gasteiger partial charge in [0.2, 0.25) is 0 Å². The van der Waals surface area contributed by atoms with E-state index >= 15 is 0 Å². The van der Waals surface area contributed by atoms with Crippen LogP contribution in [0.2, 0.25) is 0 Å². The summed E-state index contributed by atoms with van der Waals surface area (Å²) in [5, 5.41) is 0.784. The summed E-state index contributed by atoms with van der Waals surface area (Å²) in [6, 6.07) is 6.12. The summed E-state index contributed by atoms with van der Waals surface area (Å²) in [5.41, 5.74) is 0.713. The first-order valence-electron chi connectivity index (χ1n) is 4.46. The predicted molar refractivity (Wildman–Crippen MR) is 59.2 cm³/mol. The van der Waals surface area contributed by atoms with Gasteiger partial charge in [0, 0.05) is 17.5 Å². The summed E-state index contributed by atoms with van der Waals surface area (Å²) in [6.07, 6.45) is 0. The average Bonchev–Trinajstić information content (AvgIpc) is 2.15. The Morgan fingerprint density at radius 1 is 1.31 bits per heavy atom. The highest BCUT2D eigenvalue weighted by Crippen LogP contribution is 2.31. The summed E-state index contributed by atoms with van der Waals surface area (Å²) in [4.78, 5) is 28.5. The maximum absolute atomic E-state index is 11.1. The topological polar surface area (TPSA) is 79.9 Å². The number of benzene rings is 1. The lowest BCUT2D eigenvalue weighted by molar-refractivity contribution is 0.375. The van der Waals surface area contributed by atoms with Crippen LogP contribution in [-0.2, 0) is 0 Å². The van der Waals surface area contributed by atoms with Gasteiger partial charge in [0.05, 0.1) is 0 Å². The number of fused-ring (bicyclic) bond motifs is 1. The van der Waals surface area contributed by atoms with Crippen LogP contribution >= 0.6 is 8.60 Å². The van der Waals surface area contributed by atoms with Crippen molar-refractivity contribution in [1.82, 2.24) is 0 Å². The van der Waals surface area contributed by atoms with Crippen LogP contribution in [0.1, 0.15) is 5.56 Å². The van der Waals surface area contributed by atoms with E-state index in [1.54, 1.807) is 19.1 Å². The van der Waals surface area contributed by atoms with Gasteiger partial charge in [-0.05, 0) is 24.6 Å². The third-order valence-electron chi connectivity index (χ3n) is 2.11.